The van der Waals surface area contributed by atoms with Crippen LogP contribution < -0.4 is 11.1 Å². The molecule has 1 aliphatic rings. The van der Waals surface area contributed by atoms with Crippen LogP contribution in [0.2, 0.25) is 0 Å². The van der Waals surface area contributed by atoms with Gasteiger partial charge in [-0.3, -0.25) is 9.59 Å². The van der Waals surface area contributed by atoms with Crippen molar-refractivity contribution in [1.82, 2.24) is 10.2 Å². The molecule has 5 heteroatoms. The average Bonchev–Trinajstić information content (AvgIpc) is 2.40. The third kappa shape index (κ3) is 4.20. The predicted octanol–water partition coefficient (Wildman–Crippen LogP) is 0.735. The standard InChI is InChI=1S/C14H27N3O2/c1-4-17(5-2)12(18)9-16-14(19)11-8-6-7-10(3)13(11)15/h10-11,13H,4-9,15H2,1-3H3,(H,16,19). The number of hydrogen-bond donors (Lipinski definition) is 2. The maximum absolute atomic E-state index is 12.1. The number of likely N-dealkylation sites (N-methyl/N-ethyl adjacent to an activating group) is 1. The number of nitrogens with zero attached hydrogens (tertiary/aromatic N) is 1. The van der Waals surface area contributed by atoms with Gasteiger partial charge < -0.3 is 16.0 Å². The van der Waals surface area contributed by atoms with Gasteiger partial charge in [0.25, 0.3) is 0 Å². The van der Waals surface area contributed by atoms with Crippen LogP contribution in [0, 0.1) is 11.8 Å². The molecule has 0 saturated heterocycles. The van der Waals surface area contributed by atoms with Gasteiger partial charge >= 0.3 is 0 Å². The molecule has 0 spiro atoms. The molecule has 3 N–H and O–H groups in total. The minimum Gasteiger partial charge on any atom is -0.347 e. The number of rotatable bonds is 5. The summed E-state index contributed by atoms with van der Waals surface area (Å²) in [5.74, 6) is 0.131. The fourth-order valence-electron chi connectivity index (χ4n) is 2.73. The van der Waals surface area contributed by atoms with Gasteiger partial charge in [0.15, 0.2) is 0 Å². The van der Waals surface area contributed by atoms with Gasteiger partial charge in [0.2, 0.25) is 11.8 Å². The van der Waals surface area contributed by atoms with E-state index < -0.39 is 0 Å². The van der Waals surface area contributed by atoms with Crippen molar-refractivity contribution in [1.29, 1.82) is 0 Å². The molecule has 0 aliphatic heterocycles. The molecule has 110 valence electrons. The summed E-state index contributed by atoms with van der Waals surface area (Å²) in [6, 6.07) is -0.0858. The number of carbonyl (C=O) groups excluding carboxylic acids is 2. The molecule has 1 rings (SSSR count). The zero-order valence-corrected chi connectivity index (χ0v) is 12.3. The summed E-state index contributed by atoms with van der Waals surface area (Å²) in [6.07, 6.45) is 2.96. The van der Waals surface area contributed by atoms with Gasteiger partial charge in [-0.1, -0.05) is 13.3 Å². The first-order chi connectivity index (χ1) is 9.01. The summed E-state index contributed by atoms with van der Waals surface area (Å²) < 4.78 is 0. The van der Waals surface area contributed by atoms with Gasteiger partial charge in [-0.25, -0.2) is 0 Å². The first kappa shape index (κ1) is 16.0. The normalized spacial score (nSPS) is 26.8. The molecule has 0 heterocycles. The van der Waals surface area contributed by atoms with E-state index in [1.807, 2.05) is 13.8 Å². The number of amides is 2. The molecular formula is C14H27N3O2. The second-order valence-electron chi connectivity index (χ2n) is 5.38. The van der Waals surface area contributed by atoms with Crippen LogP contribution in [0.5, 0.6) is 0 Å². The molecule has 0 bridgehead atoms. The van der Waals surface area contributed by atoms with Crippen LogP contribution >= 0.6 is 0 Å². The molecule has 19 heavy (non-hydrogen) atoms. The average molecular weight is 269 g/mol. The van der Waals surface area contributed by atoms with E-state index in [9.17, 15) is 9.59 Å². The van der Waals surface area contributed by atoms with Gasteiger partial charge in [0, 0.05) is 19.1 Å². The summed E-state index contributed by atoms with van der Waals surface area (Å²) in [5.41, 5.74) is 6.09. The monoisotopic (exact) mass is 269 g/mol. The highest BCUT2D eigenvalue weighted by molar-refractivity contribution is 5.86. The summed E-state index contributed by atoms with van der Waals surface area (Å²) in [6.45, 7) is 7.38. The third-order valence-electron chi connectivity index (χ3n) is 4.16. The van der Waals surface area contributed by atoms with Crippen molar-refractivity contribution in [3.05, 3.63) is 0 Å². The maximum Gasteiger partial charge on any atom is 0.241 e. The largest absolute Gasteiger partial charge is 0.347 e. The molecule has 1 saturated carbocycles. The van der Waals surface area contributed by atoms with Gasteiger partial charge in [-0.05, 0) is 32.6 Å². The van der Waals surface area contributed by atoms with Gasteiger partial charge in [-0.15, -0.1) is 0 Å². The van der Waals surface area contributed by atoms with Crippen LogP contribution in [-0.2, 0) is 9.59 Å². The Morgan fingerprint density at radius 1 is 1.26 bits per heavy atom. The zero-order chi connectivity index (χ0) is 14.4. The lowest BCUT2D eigenvalue weighted by molar-refractivity contribution is -0.134. The van der Waals surface area contributed by atoms with E-state index in [0.717, 1.165) is 19.3 Å². The molecule has 0 aromatic heterocycles. The van der Waals surface area contributed by atoms with Gasteiger partial charge in [-0.2, -0.15) is 0 Å². The van der Waals surface area contributed by atoms with Crippen molar-refractivity contribution >= 4 is 11.8 Å². The minimum atomic E-state index is -0.145. The molecular weight excluding hydrogens is 242 g/mol. The van der Waals surface area contributed by atoms with Crippen LogP contribution in [0.4, 0.5) is 0 Å². The van der Waals surface area contributed by atoms with Crippen LogP contribution in [0.1, 0.15) is 40.0 Å². The Labute approximate surface area is 115 Å². The van der Waals surface area contributed by atoms with Crippen LogP contribution in [0.25, 0.3) is 0 Å². The molecule has 5 nitrogen and oxygen atoms in total. The number of hydrogen-bond acceptors (Lipinski definition) is 3. The Morgan fingerprint density at radius 3 is 2.47 bits per heavy atom. The Bertz CT molecular complexity index is 316. The van der Waals surface area contributed by atoms with Gasteiger partial charge in [0.05, 0.1) is 12.5 Å². The maximum atomic E-state index is 12.1. The second-order valence-corrected chi connectivity index (χ2v) is 5.38. The molecule has 2 amide bonds. The molecule has 3 unspecified atom stereocenters. The Kier molecular flexibility index (Phi) is 6.28. The predicted molar refractivity (Wildman–Crippen MR) is 75.4 cm³/mol. The summed E-state index contributed by atoms with van der Waals surface area (Å²) in [5, 5.41) is 2.74. The minimum absolute atomic E-state index is 0.0317. The molecule has 0 aromatic rings. The van der Waals surface area contributed by atoms with Crippen molar-refractivity contribution < 1.29 is 9.59 Å². The van der Waals surface area contributed by atoms with Crippen molar-refractivity contribution in [2.45, 2.75) is 46.1 Å². The molecule has 1 aliphatic carbocycles. The lowest BCUT2D eigenvalue weighted by Crippen LogP contribution is -2.49. The lowest BCUT2D eigenvalue weighted by atomic mass is 9.78. The molecule has 0 radical (unpaired) electrons. The second kappa shape index (κ2) is 7.48. The van der Waals surface area contributed by atoms with E-state index in [0.29, 0.717) is 19.0 Å². The highest BCUT2D eigenvalue weighted by Gasteiger charge is 2.32. The van der Waals surface area contributed by atoms with E-state index in [2.05, 4.69) is 12.2 Å². The first-order valence-corrected chi connectivity index (χ1v) is 7.32. The van der Waals surface area contributed by atoms with E-state index in [4.69, 9.17) is 5.73 Å². The molecule has 3 atom stereocenters. The van der Waals surface area contributed by atoms with E-state index in [-0.39, 0.29) is 30.3 Å². The topological polar surface area (TPSA) is 75.4 Å². The summed E-state index contributed by atoms with van der Waals surface area (Å²) in [7, 11) is 0. The SMILES string of the molecule is CCN(CC)C(=O)CNC(=O)C1CCCC(C)C1N. The highest BCUT2D eigenvalue weighted by Crippen LogP contribution is 2.27. The first-order valence-electron chi connectivity index (χ1n) is 7.32. The smallest absolute Gasteiger partial charge is 0.241 e. The Morgan fingerprint density at radius 2 is 1.89 bits per heavy atom. The lowest BCUT2D eigenvalue weighted by Gasteiger charge is -2.32. The molecule has 1 fully saturated rings. The quantitative estimate of drug-likeness (QED) is 0.773. The van der Waals surface area contributed by atoms with E-state index in [1.54, 1.807) is 4.90 Å². The Hall–Kier alpha value is -1.10. The third-order valence-corrected chi connectivity index (χ3v) is 4.16. The number of nitrogens with two attached hydrogens (primary N) is 1. The Balaban J connectivity index is 2.44. The van der Waals surface area contributed by atoms with Crippen molar-refractivity contribution in [2.75, 3.05) is 19.6 Å². The van der Waals surface area contributed by atoms with Crippen molar-refractivity contribution in [3.8, 4) is 0 Å². The fourth-order valence-corrected chi connectivity index (χ4v) is 2.73. The highest BCUT2D eigenvalue weighted by atomic mass is 16.2. The number of nitrogens with one attached hydrogen (secondary N) is 1. The van der Waals surface area contributed by atoms with Crippen LogP contribution in [0.3, 0.4) is 0 Å². The van der Waals surface area contributed by atoms with Gasteiger partial charge in [0.1, 0.15) is 0 Å². The van der Waals surface area contributed by atoms with Crippen LogP contribution in [0.15, 0.2) is 0 Å². The summed E-state index contributed by atoms with van der Waals surface area (Å²) in [4.78, 5) is 25.6. The van der Waals surface area contributed by atoms with E-state index >= 15 is 0 Å². The zero-order valence-electron chi connectivity index (χ0n) is 12.3. The molecule has 0 aromatic carbocycles. The fraction of sp³-hybridized carbons (Fsp3) is 0.857. The van der Waals surface area contributed by atoms with Crippen LogP contribution in [-0.4, -0.2) is 42.4 Å². The van der Waals surface area contributed by atoms with Crippen molar-refractivity contribution in [3.63, 3.8) is 0 Å². The number of carbonyl (C=O) groups is 2. The van der Waals surface area contributed by atoms with Crippen molar-refractivity contribution in [2.24, 2.45) is 17.6 Å². The van der Waals surface area contributed by atoms with E-state index in [1.165, 1.54) is 0 Å². The summed E-state index contributed by atoms with van der Waals surface area (Å²) >= 11 is 0.